The summed E-state index contributed by atoms with van der Waals surface area (Å²) in [6, 6.07) is 0. The van der Waals surface area contributed by atoms with Gasteiger partial charge in [0.1, 0.15) is 0 Å². The van der Waals surface area contributed by atoms with Gasteiger partial charge >= 0.3 is 0 Å². The molecule has 0 amide bonds. The van der Waals surface area contributed by atoms with Crippen molar-refractivity contribution in [1.82, 2.24) is 10.2 Å². The van der Waals surface area contributed by atoms with Crippen molar-refractivity contribution in [2.75, 3.05) is 32.7 Å². The Balaban J connectivity index is 2.02. The van der Waals surface area contributed by atoms with Gasteiger partial charge in [-0.3, -0.25) is 0 Å². The number of hydrogen-bond acceptors (Lipinski definition) is 2. The molecule has 2 nitrogen and oxygen atoms in total. The lowest BCUT2D eigenvalue weighted by Crippen LogP contribution is -2.43. The van der Waals surface area contributed by atoms with Crippen LogP contribution in [0.5, 0.6) is 0 Å². The molecule has 0 saturated carbocycles. The van der Waals surface area contributed by atoms with Crippen molar-refractivity contribution in [3.05, 3.63) is 6.92 Å². The second-order valence-electron chi connectivity index (χ2n) is 2.80. The first kappa shape index (κ1) is 8.02. The summed E-state index contributed by atoms with van der Waals surface area (Å²) in [6.07, 6.45) is 2.32. The van der Waals surface area contributed by atoms with Gasteiger partial charge in [0.25, 0.3) is 0 Å². The number of nitrogens with one attached hydrogen (secondary N) is 1. The van der Waals surface area contributed by atoms with Gasteiger partial charge in [-0.15, -0.1) is 0 Å². The first-order valence-corrected chi connectivity index (χ1v) is 4.16. The molecule has 1 heterocycles. The minimum Gasteiger partial charge on any atom is -0.343 e. The van der Waals surface area contributed by atoms with Gasteiger partial charge in [-0.1, -0.05) is 6.42 Å². The van der Waals surface area contributed by atoms with Crippen LogP contribution in [0.1, 0.15) is 12.8 Å². The summed E-state index contributed by atoms with van der Waals surface area (Å²) < 4.78 is 0. The number of rotatable bonds is 3. The molecule has 10 heavy (non-hydrogen) atoms. The Hall–Kier alpha value is -0.0800. The van der Waals surface area contributed by atoms with E-state index in [1.165, 1.54) is 26.1 Å². The van der Waals surface area contributed by atoms with Gasteiger partial charge in [0.2, 0.25) is 0 Å². The number of piperazine rings is 1. The van der Waals surface area contributed by atoms with Crippen LogP contribution in [0.4, 0.5) is 0 Å². The van der Waals surface area contributed by atoms with Crippen LogP contribution in [0.3, 0.4) is 0 Å². The quantitative estimate of drug-likeness (QED) is 0.576. The van der Waals surface area contributed by atoms with Crippen molar-refractivity contribution in [2.24, 2.45) is 0 Å². The van der Waals surface area contributed by atoms with Crippen molar-refractivity contribution in [3.63, 3.8) is 0 Å². The van der Waals surface area contributed by atoms with Crippen LogP contribution in [-0.4, -0.2) is 37.6 Å². The Labute approximate surface area is 63.6 Å². The van der Waals surface area contributed by atoms with E-state index < -0.39 is 0 Å². The fourth-order valence-corrected chi connectivity index (χ4v) is 1.27. The highest BCUT2D eigenvalue weighted by molar-refractivity contribution is 4.67. The summed E-state index contributed by atoms with van der Waals surface area (Å²) in [5, 5.41) is 3.33. The molecule has 1 aliphatic rings. The van der Waals surface area contributed by atoms with E-state index >= 15 is 0 Å². The molecule has 1 rings (SSSR count). The second kappa shape index (κ2) is 4.69. The SMILES string of the molecule is [CH2-]CCCN1CCNCC1. The smallest absolute Gasteiger partial charge is 0.0107 e. The Morgan fingerprint density at radius 1 is 1.30 bits per heavy atom. The van der Waals surface area contributed by atoms with Crippen molar-refractivity contribution in [2.45, 2.75) is 12.8 Å². The van der Waals surface area contributed by atoms with E-state index in [4.69, 9.17) is 0 Å². The molecule has 1 saturated heterocycles. The van der Waals surface area contributed by atoms with Gasteiger partial charge in [0.05, 0.1) is 0 Å². The molecule has 0 aliphatic carbocycles. The molecule has 1 aliphatic heterocycles. The maximum atomic E-state index is 3.83. The normalized spacial score (nSPS) is 21.3. The van der Waals surface area contributed by atoms with Gasteiger partial charge in [0, 0.05) is 26.2 Å². The van der Waals surface area contributed by atoms with E-state index in [1.807, 2.05) is 0 Å². The number of hydrogen-bond donors (Lipinski definition) is 1. The molecule has 60 valence electrons. The van der Waals surface area contributed by atoms with Crippen LogP contribution in [0.25, 0.3) is 0 Å². The molecule has 0 aromatic heterocycles. The lowest BCUT2D eigenvalue weighted by molar-refractivity contribution is 0.239. The van der Waals surface area contributed by atoms with Crippen molar-refractivity contribution < 1.29 is 0 Å². The molecule has 1 N–H and O–H groups in total. The molecule has 2 heteroatoms. The van der Waals surface area contributed by atoms with Crippen molar-refractivity contribution in [1.29, 1.82) is 0 Å². The second-order valence-corrected chi connectivity index (χ2v) is 2.80. The standard InChI is InChI=1S/C8H17N2/c1-2-3-6-10-7-4-9-5-8-10/h9H,1-8H2/q-1. The van der Waals surface area contributed by atoms with Crippen LogP contribution in [0.2, 0.25) is 0 Å². The maximum Gasteiger partial charge on any atom is 0.0107 e. The summed E-state index contributed by atoms with van der Waals surface area (Å²) >= 11 is 0. The molecule has 0 spiro atoms. The zero-order valence-corrected chi connectivity index (χ0v) is 6.60. The van der Waals surface area contributed by atoms with E-state index in [2.05, 4.69) is 17.1 Å². The minimum absolute atomic E-state index is 1.07. The lowest BCUT2D eigenvalue weighted by Gasteiger charge is -2.27. The van der Waals surface area contributed by atoms with Gasteiger partial charge in [-0.25, -0.2) is 0 Å². The maximum absolute atomic E-state index is 3.83. The predicted molar refractivity (Wildman–Crippen MR) is 43.9 cm³/mol. The zero-order chi connectivity index (χ0) is 7.23. The van der Waals surface area contributed by atoms with Gasteiger partial charge in [-0.05, 0) is 6.54 Å². The zero-order valence-electron chi connectivity index (χ0n) is 6.60. The van der Waals surface area contributed by atoms with Crippen LogP contribution in [-0.2, 0) is 0 Å². The average Bonchev–Trinajstić information content (AvgIpc) is 2.03. The highest BCUT2D eigenvalue weighted by atomic mass is 15.2. The Morgan fingerprint density at radius 3 is 2.60 bits per heavy atom. The molecule has 0 aromatic rings. The van der Waals surface area contributed by atoms with E-state index in [0.717, 1.165) is 19.5 Å². The summed E-state index contributed by atoms with van der Waals surface area (Å²) in [5.74, 6) is 0. The summed E-state index contributed by atoms with van der Waals surface area (Å²) in [7, 11) is 0. The Bertz CT molecular complexity index is 77.3. The van der Waals surface area contributed by atoms with E-state index in [0.29, 0.717) is 0 Å². The third kappa shape index (κ3) is 2.67. The molecule has 0 unspecified atom stereocenters. The van der Waals surface area contributed by atoms with E-state index in [-0.39, 0.29) is 0 Å². The van der Waals surface area contributed by atoms with E-state index in [1.54, 1.807) is 0 Å². The first-order valence-electron chi connectivity index (χ1n) is 4.16. The molecule has 0 aromatic carbocycles. The molecule has 0 atom stereocenters. The van der Waals surface area contributed by atoms with Gasteiger partial charge in [0.15, 0.2) is 0 Å². The topological polar surface area (TPSA) is 15.3 Å². The highest BCUT2D eigenvalue weighted by Crippen LogP contribution is 1.95. The predicted octanol–water partition coefficient (Wildman–Crippen LogP) is 0.506. The van der Waals surface area contributed by atoms with Crippen LogP contribution < -0.4 is 5.32 Å². The molecular weight excluding hydrogens is 124 g/mol. The highest BCUT2D eigenvalue weighted by Gasteiger charge is 2.06. The average molecular weight is 141 g/mol. The minimum atomic E-state index is 1.07. The fraction of sp³-hybridized carbons (Fsp3) is 0.875. The molecule has 0 radical (unpaired) electrons. The number of unbranched alkanes of at least 4 members (excludes halogenated alkanes) is 1. The summed E-state index contributed by atoms with van der Waals surface area (Å²) in [6.45, 7) is 9.84. The van der Waals surface area contributed by atoms with Gasteiger partial charge in [-0.2, -0.15) is 6.42 Å². The molecule has 1 fully saturated rings. The van der Waals surface area contributed by atoms with Gasteiger partial charge < -0.3 is 17.1 Å². The van der Waals surface area contributed by atoms with Crippen molar-refractivity contribution in [3.8, 4) is 0 Å². The Morgan fingerprint density at radius 2 is 2.00 bits per heavy atom. The molecule has 0 bridgehead atoms. The monoisotopic (exact) mass is 141 g/mol. The first-order chi connectivity index (χ1) is 4.93. The largest absolute Gasteiger partial charge is 0.343 e. The Kier molecular flexibility index (Phi) is 3.76. The van der Waals surface area contributed by atoms with E-state index in [9.17, 15) is 0 Å². The molecular formula is C8H17N2-. The third-order valence-electron chi connectivity index (χ3n) is 1.93. The fourth-order valence-electron chi connectivity index (χ4n) is 1.27. The van der Waals surface area contributed by atoms with Crippen LogP contribution in [0.15, 0.2) is 0 Å². The van der Waals surface area contributed by atoms with Crippen LogP contribution >= 0.6 is 0 Å². The number of nitrogens with zero attached hydrogens (tertiary/aromatic N) is 1. The van der Waals surface area contributed by atoms with Crippen LogP contribution in [0, 0.1) is 6.92 Å². The lowest BCUT2D eigenvalue weighted by atomic mass is 10.3. The third-order valence-corrected chi connectivity index (χ3v) is 1.93. The van der Waals surface area contributed by atoms with Crippen molar-refractivity contribution >= 4 is 0 Å². The summed E-state index contributed by atoms with van der Waals surface area (Å²) in [5.41, 5.74) is 0. The summed E-state index contributed by atoms with van der Waals surface area (Å²) in [4.78, 5) is 2.50.